The molecule has 0 heterocycles. The summed E-state index contributed by atoms with van der Waals surface area (Å²) in [7, 11) is -3.65. The predicted octanol–water partition coefficient (Wildman–Crippen LogP) is 0.996. The van der Waals surface area contributed by atoms with Gasteiger partial charge in [0.2, 0.25) is 10.0 Å². The second-order valence-electron chi connectivity index (χ2n) is 3.96. The predicted molar refractivity (Wildman–Crippen MR) is 58.6 cm³/mol. The van der Waals surface area contributed by atoms with E-state index < -0.39 is 15.3 Å². The number of hydrogen-bond acceptors (Lipinski definition) is 4. The van der Waals surface area contributed by atoms with Gasteiger partial charge in [0.15, 0.2) is 5.25 Å². The zero-order chi connectivity index (χ0) is 12.2. The highest BCUT2D eigenvalue weighted by Gasteiger charge is 2.35. The first-order valence-electron chi connectivity index (χ1n) is 5.31. The van der Waals surface area contributed by atoms with Crippen LogP contribution in [0.4, 0.5) is 0 Å². The Morgan fingerprint density at radius 3 is 2.38 bits per heavy atom. The van der Waals surface area contributed by atoms with Crippen LogP contribution in [0.3, 0.4) is 0 Å². The number of hydrogen-bond donors (Lipinski definition) is 0. The lowest BCUT2D eigenvalue weighted by Gasteiger charge is -2.26. The van der Waals surface area contributed by atoms with Crippen LogP contribution < -0.4 is 0 Å². The molecular formula is C10H15N3O2S. The molecule has 1 aliphatic rings. The molecule has 0 radical (unpaired) electrons. The Kier molecular flexibility index (Phi) is 4.28. The second kappa shape index (κ2) is 5.29. The summed E-state index contributed by atoms with van der Waals surface area (Å²) in [5, 5.41) is 16.3. The largest absolute Gasteiger partial charge is 0.231 e. The van der Waals surface area contributed by atoms with E-state index in [1.54, 1.807) is 6.07 Å². The van der Waals surface area contributed by atoms with Crippen molar-refractivity contribution in [3.63, 3.8) is 0 Å². The molecule has 1 atom stereocenters. The molecule has 1 unspecified atom stereocenters. The smallest absolute Gasteiger partial charge is 0.211 e. The zero-order valence-corrected chi connectivity index (χ0v) is 10.1. The van der Waals surface area contributed by atoms with Crippen LogP contribution in [0.15, 0.2) is 0 Å². The Hall–Kier alpha value is -1.11. The molecule has 0 amide bonds. The summed E-state index contributed by atoms with van der Waals surface area (Å²) in [4.78, 5) is 0. The maximum Gasteiger partial charge on any atom is 0.231 e. The standard InChI is InChI=1S/C10H15N3O2S/c1-9(8-12)16(14,15)13(7-6-11)10-4-2-3-5-10/h9-10H,2-5,7H2,1H3. The minimum Gasteiger partial charge on any atom is -0.211 e. The van der Waals surface area contributed by atoms with Crippen molar-refractivity contribution in [1.29, 1.82) is 10.5 Å². The van der Waals surface area contributed by atoms with Gasteiger partial charge in [-0.1, -0.05) is 12.8 Å². The third-order valence-electron chi connectivity index (χ3n) is 2.91. The molecular weight excluding hydrogens is 226 g/mol. The van der Waals surface area contributed by atoms with Crippen molar-refractivity contribution in [2.75, 3.05) is 6.54 Å². The fourth-order valence-corrected chi connectivity index (χ4v) is 3.36. The highest BCUT2D eigenvalue weighted by molar-refractivity contribution is 7.90. The van der Waals surface area contributed by atoms with Crippen LogP contribution >= 0.6 is 0 Å². The Morgan fingerprint density at radius 1 is 1.38 bits per heavy atom. The summed E-state index contributed by atoms with van der Waals surface area (Å²) in [5.41, 5.74) is 0. The summed E-state index contributed by atoms with van der Waals surface area (Å²) in [6.07, 6.45) is 3.56. The molecule has 0 spiro atoms. The highest BCUT2D eigenvalue weighted by Crippen LogP contribution is 2.26. The van der Waals surface area contributed by atoms with Gasteiger partial charge in [-0.15, -0.1) is 0 Å². The highest BCUT2D eigenvalue weighted by atomic mass is 32.2. The molecule has 5 nitrogen and oxygen atoms in total. The molecule has 1 fully saturated rings. The Bertz CT molecular complexity index is 412. The summed E-state index contributed by atoms with van der Waals surface area (Å²) in [6.45, 7) is 1.20. The summed E-state index contributed by atoms with van der Waals surface area (Å²) in [6, 6.07) is 3.50. The van der Waals surface area contributed by atoms with Crippen LogP contribution in [0, 0.1) is 22.7 Å². The van der Waals surface area contributed by atoms with E-state index in [0.717, 1.165) is 25.7 Å². The molecule has 1 saturated carbocycles. The minimum atomic E-state index is -3.65. The fraction of sp³-hybridized carbons (Fsp3) is 0.800. The zero-order valence-electron chi connectivity index (χ0n) is 9.26. The van der Waals surface area contributed by atoms with Gasteiger partial charge in [0.1, 0.15) is 6.54 Å². The molecule has 1 rings (SSSR count). The molecule has 16 heavy (non-hydrogen) atoms. The average molecular weight is 241 g/mol. The van der Waals surface area contributed by atoms with E-state index in [1.165, 1.54) is 11.2 Å². The lowest BCUT2D eigenvalue weighted by atomic mass is 10.2. The molecule has 0 aliphatic heterocycles. The third-order valence-corrected chi connectivity index (χ3v) is 4.99. The van der Waals surface area contributed by atoms with E-state index in [2.05, 4.69) is 0 Å². The normalized spacial score (nSPS) is 19.2. The van der Waals surface area contributed by atoms with Gasteiger partial charge in [-0.3, -0.25) is 0 Å². The summed E-state index contributed by atoms with van der Waals surface area (Å²) >= 11 is 0. The van der Waals surface area contributed by atoms with Crippen LogP contribution in [-0.2, 0) is 10.0 Å². The molecule has 0 aromatic rings. The van der Waals surface area contributed by atoms with Gasteiger partial charge in [0.25, 0.3) is 0 Å². The molecule has 0 N–H and O–H groups in total. The molecule has 0 bridgehead atoms. The summed E-state index contributed by atoms with van der Waals surface area (Å²) < 4.78 is 25.2. The van der Waals surface area contributed by atoms with Gasteiger partial charge in [0, 0.05) is 6.04 Å². The van der Waals surface area contributed by atoms with E-state index in [9.17, 15) is 8.42 Å². The Morgan fingerprint density at radius 2 is 1.94 bits per heavy atom. The van der Waals surface area contributed by atoms with Gasteiger partial charge in [-0.2, -0.15) is 14.8 Å². The van der Waals surface area contributed by atoms with Gasteiger partial charge >= 0.3 is 0 Å². The van der Waals surface area contributed by atoms with E-state index in [1.807, 2.05) is 6.07 Å². The van der Waals surface area contributed by atoms with Crippen molar-refractivity contribution in [2.24, 2.45) is 0 Å². The lowest BCUT2D eigenvalue weighted by Crippen LogP contribution is -2.43. The first-order valence-corrected chi connectivity index (χ1v) is 6.81. The quantitative estimate of drug-likeness (QED) is 0.687. The van der Waals surface area contributed by atoms with Crippen LogP contribution in [-0.4, -0.2) is 30.6 Å². The Balaban J connectivity index is 2.94. The van der Waals surface area contributed by atoms with Crippen molar-refractivity contribution in [2.45, 2.75) is 43.9 Å². The molecule has 0 saturated heterocycles. The SMILES string of the molecule is CC(C#N)S(=O)(=O)N(CC#N)C1CCCC1. The van der Waals surface area contributed by atoms with E-state index >= 15 is 0 Å². The number of nitriles is 2. The topological polar surface area (TPSA) is 85.0 Å². The van der Waals surface area contributed by atoms with Crippen LogP contribution in [0.25, 0.3) is 0 Å². The monoisotopic (exact) mass is 241 g/mol. The van der Waals surface area contributed by atoms with Gasteiger partial charge in [-0.25, -0.2) is 8.42 Å². The van der Waals surface area contributed by atoms with Gasteiger partial charge < -0.3 is 0 Å². The van der Waals surface area contributed by atoms with Crippen molar-refractivity contribution < 1.29 is 8.42 Å². The maximum atomic E-state index is 12.0. The van der Waals surface area contributed by atoms with E-state index in [4.69, 9.17) is 10.5 Å². The third kappa shape index (κ3) is 2.52. The lowest BCUT2D eigenvalue weighted by molar-refractivity contribution is 0.348. The minimum absolute atomic E-state index is 0.0968. The molecule has 88 valence electrons. The first-order chi connectivity index (χ1) is 7.54. The van der Waals surface area contributed by atoms with Gasteiger partial charge in [0.05, 0.1) is 12.1 Å². The van der Waals surface area contributed by atoms with Gasteiger partial charge in [-0.05, 0) is 19.8 Å². The van der Waals surface area contributed by atoms with E-state index in [-0.39, 0.29) is 12.6 Å². The number of nitrogens with zero attached hydrogens (tertiary/aromatic N) is 3. The first kappa shape index (κ1) is 13.0. The molecule has 0 aromatic carbocycles. The maximum absolute atomic E-state index is 12.0. The van der Waals surface area contributed by atoms with Crippen LogP contribution in [0.2, 0.25) is 0 Å². The molecule has 0 aromatic heterocycles. The Labute approximate surface area is 96.3 Å². The van der Waals surface area contributed by atoms with Crippen molar-refractivity contribution in [1.82, 2.24) is 4.31 Å². The molecule has 6 heteroatoms. The van der Waals surface area contributed by atoms with Crippen molar-refractivity contribution in [3.8, 4) is 12.1 Å². The number of sulfonamides is 1. The second-order valence-corrected chi connectivity index (χ2v) is 6.16. The number of rotatable bonds is 4. The fourth-order valence-electron chi connectivity index (χ4n) is 1.96. The average Bonchev–Trinajstić information content (AvgIpc) is 2.77. The van der Waals surface area contributed by atoms with Crippen LogP contribution in [0.1, 0.15) is 32.6 Å². The van der Waals surface area contributed by atoms with Crippen LogP contribution in [0.5, 0.6) is 0 Å². The van der Waals surface area contributed by atoms with Crippen molar-refractivity contribution >= 4 is 10.0 Å². The molecule has 1 aliphatic carbocycles. The van der Waals surface area contributed by atoms with E-state index in [0.29, 0.717) is 0 Å². The van der Waals surface area contributed by atoms with Crippen molar-refractivity contribution in [3.05, 3.63) is 0 Å². The summed E-state index contributed by atoms with van der Waals surface area (Å²) in [5.74, 6) is 0.